The van der Waals surface area contributed by atoms with Crippen LogP contribution in [0.15, 0.2) is 46.4 Å². The first kappa shape index (κ1) is 27.8. The molecule has 28 heavy (non-hydrogen) atoms. The van der Waals surface area contributed by atoms with E-state index in [0.717, 1.165) is 23.0 Å². The van der Waals surface area contributed by atoms with Gasteiger partial charge in [-0.3, -0.25) is 0 Å². The average Bonchev–Trinajstić information content (AvgIpc) is 2.55. The predicted molar refractivity (Wildman–Crippen MR) is 91.7 cm³/mol. The summed E-state index contributed by atoms with van der Waals surface area (Å²) in [7, 11) is -4.83. The van der Waals surface area contributed by atoms with Gasteiger partial charge < -0.3 is 14.5 Å². The van der Waals surface area contributed by atoms with E-state index in [1.165, 1.54) is 6.07 Å². The van der Waals surface area contributed by atoms with Gasteiger partial charge in [0.15, 0.2) is 0 Å². The van der Waals surface area contributed by atoms with Crippen molar-refractivity contribution in [2.75, 3.05) is 12.0 Å². The summed E-state index contributed by atoms with van der Waals surface area (Å²) in [6.45, 7) is 1.96. The van der Waals surface area contributed by atoms with Crippen LogP contribution in [0.5, 0.6) is 0 Å². The molecule has 13 heteroatoms. The van der Waals surface area contributed by atoms with E-state index in [1.807, 2.05) is 0 Å². The molecule has 0 unspecified atom stereocenters. The summed E-state index contributed by atoms with van der Waals surface area (Å²) in [6, 6.07) is 7.42. The minimum absolute atomic E-state index is 0. The Kier molecular flexibility index (Phi) is 11.8. The first-order chi connectivity index (χ1) is 12.1. The Morgan fingerprint density at radius 3 is 2.32 bits per heavy atom. The third kappa shape index (κ3) is 7.24. The second-order valence-corrected chi connectivity index (χ2v) is 7.15. The zero-order valence-electron chi connectivity index (χ0n) is 15.3. The summed E-state index contributed by atoms with van der Waals surface area (Å²) < 4.78 is 33.4. The van der Waals surface area contributed by atoms with Crippen molar-refractivity contribution < 1.29 is 86.8 Å². The Labute approximate surface area is 216 Å². The van der Waals surface area contributed by atoms with E-state index in [2.05, 4.69) is 10.5 Å². The average molecular weight is 463 g/mol. The standard InChI is InChI=1S/C15H13Cl2N3O5S.2Na/c1-2-18-20(19-13-5-3-9(16)7-12(13)17)14-6-4-10(26(23,24)25)8-11(14)15(21)22;;/h3-8H,2H2,1H3,(H2-,18,19,21,22,23,24,25);;/q;2*+1/p-1. The molecule has 0 atom stereocenters. The number of hydrogen-bond acceptors (Lipinski definition) is 6. The first-order valence-electron chi connectivity index (χ1n) is 7.14. The Morgan fingerprint density at radius 1 is 1.18 bits per heavy atom. The second kappa shape index (κ2) is 11.8. The molecule has 0 saturated carbocycles. The van der Waals surface area contributed by atoms with Gasteiger partial charge in [0.25, 0.3) is 5.69 Å². The maximum Gasteiger partial charge on any atom is 1.00 e. The molecule has 0 fully saturated rings. The Balaban J connectivity index is 0.00000364. The monoisotopic (exact) mass is 462 g/mol. The number of nitrogens with one attached hydrogen (secondary N) is 1. The van der Waals surface area contributed by atoms with E-state index in [9.17, 15) is 22.9 Å². The van der Waals surface area contributed by atoms with Crippen LogP contribution in [0.1, 0.15) is 17.3 Å². The van der Waals surface area contributed by atoms with Crippen molar-refractivity contribution in [1.82, 2.24) is 0 Å². The molecule has 0 aliphatic rings. The summed E-state index contributed by atoms with van der Waals surface area (Å²) in [5, 5.41) is 16.2. The van der Waals surface area contributed by atoms with E-state index < -0.39 is 26.5 Å². The molecule has 0 bridgehead atoms. The zero-order valence-corrected chi connectivity index (χ0v) is 21.6. The molecular formula is C15H12Cl2N3Na2O5S+. The number of aromatic carboxylic acids is 1. The molecule has 0 aromatic heterocycles. The molecule has 0 heterocycles. The molecule has 0 spiro atoms. The fraction of sp³-hybridized carbons (Fsp3) is 0.133. The summed E-state index contributed by atoms with van der Waals surface area (Å²) in [5.74, 6) is -1.68. The van der Waals surface area contributed by atoms with Crippen LogP contribution in [-0.4, -0.2) is 30.3 Å². The number of halogens is 2. The van der Waals surface area contributed by atoms with Gasteiger partial charge >= 0.3 is 59.1 Å². The van der Waals surface area contributed by atoms with Crippen molar-refractivity contribution >= 4 is 50.7 Å². The topological polar surface area (TPSA) is 125 Å². The molecule has 2 rings (SSSR count). The van der Waals surface area contributed by atoms with Crippen molar-refractivity contribution in [1.29, 1.82) is 0 Å². The van der Waals surface area contributed by atoms with Crippen molar-refractivity contribution in [3.05, 3.63) is 52.0 Å². The van der Waals surface area contributed by atoms with Crippen molar-refractivity contribution in [2.24, 2.45) is 5.11 Å². The second-order valence-electron chi connectivity index (χ2n) is 4.93. The molecule has 0 aliphatic heterocycles. The Bertz CT molecular complexity index is 1000. The molecule has 2 aromatic rings. The van der Waals surface area contributed by atoms with Gasteiger partial charge in [0.1, 0.15) is 22.4 Å². The molecule has 0 radical (unpaired) electrons. The SMILES string of the molecule is CCN=[N+](Nc1ccc(Cl)cc1Cl)c1ccc(S(=O)(=O)[O-])cc1C(=O)[O-].[Na+].[Na+]. The molecule has 2 aromatic carbocycles. The quantitative estimate of drug-likeness (QED) is 0.155. The van der Waals surface area contributed by atoms with Crippen LogP contribution in [-0.2, 0) is 10.1 Å². The number of azo groups is 1. The number of nitrogens with zero attached hydrogens (tertiary/aromatic N) is 2. The van der Waals surface area contributed by atoms with Gasteiger partial charge in [0, 0.05) is 15.9 Å². The zero-order chi connectivity index (χ0) is 19.5. The molecule has 138 valence electrons. The van der Waals surface area contributed by atoms with Gasteiger partial charge in [0.05, 0.1) is 21.5 Å². The molecule has 0 saturated heterocycles. The number of carbonyl (C=O) groups excluding carboxylic acids is 1. The van der Waals surface area contributed by atoms with Crippen LogP contribution in [0.4, 0.5) is 11.4 Å². The summed E-state index contributed by atoms with van der Waals surface area (Å²) in [5.41, 5.74) is 2.61. The van der Waals surface area contributed by atoms with Crippen LogP contribution in [0.25, 0.3) is 0 Å². The van der Waals surface area contributed by atoms with Crippen LogP contribution in [0.2, 0.25) is 10.0 Å². The van der Waals surface area contributed by atoms with Crippen LogP contribution in [0, 0.1) is 0 Å². The number of benzene rings is 2. The van der Waals surface area contributed by atoms with E-state index >= 15 is 0 Å². The normalized spacial score (nSPS) is 11.2. The first-order valence-corrected chi connectivity index (χ1v) is 9.30. The summed E-state index contributed by atoms with van der Waals surface area (Å²) >= 11 is 11.9. The smallest absolute Gasteiger partial charge is 0.744 e. The van der Waals surface area contributed by atoms with Crippen molar-refractivity contribution in [2.45, 2.75) is 11.8 Å². The van der Waals surface area contributed by atoms with Crippen molar-refractivity contribution in [3.63, 3.8) is 0 Å². The van der Waals surface area contributed by atoms with Crippen LogP contribution in [0.3, 0.4) is 0 Å². The number of carboxylic acid groups (broad SMARTS) is 1. The van der Waals surface area contributed by atoms with Gasteiger partial charge in [-0.2, -0.15) is 0 Å². The number of rotatable bonds is 6. The van der Waals surface area contributed by atoms with E-state index in [4.69, 9.17) is 23.2 Å². The van der Waals surface area contributed by atoms with Crippen LogP contribution < -0.4 is 69.6 Å². The number of hydrazine groups is 1. The Hall–Kier alpha value is -0.200. The largest absolute Gasteiger partial charge is 1.00 e. The maximum atomic E-state index is 11.4. The fourth-order valence-electron chi connectivity index (χ4n) is 2.03. The van der Waals surface area contributed by atoms with Gasteiger partial charge in [-0.05, 0) is 42.4 Å². The summed E-state index contributed by atoms with van der Waals surface area (Å²) in [4.78, 5) is 11.8. The fourth-order valence-corrected chi connectivity index (χ4v) is 2.97. The Morgan fingerprint density at radius 2 is 1.82 bits per heavy atom. The predicted octanol–water partition coefficient (Wildman–Crippen LogP) is -3.59. The molecule has 1 N–H and O–H groups in total. The van der Waals surface area contributed by atoms with Gasteiger partial charge in [-0.25, -0.2) is 8.42 Å². The third-order valence-corrected chi connectivity index (χ3v) is 4.52. The van der Waals surface area contributed by atoms with Gasteiger partial charge in [-0.15, -0.1) is 5.43 Å². The van der Waals surface area contributed by atoms with Crippen LogP contribution >= 0.6 is 23.2 Å². The van der Waals surface area contributed by atoms with Gasteiger partial charge in [0.2, 0.25) is 0 Å². The van der Waals surface area contributed by atoms with E-state index in [0.29, 0.717) is 10.7 Å². The van der Waals surface area contributed by atoms with E-state index in [-0.39, 0.29) is 76.4 Å². The van der Waals surface area contributed by atoms with Crippen molar-refractivity contribution in [3.8, 4) is 0 Å². The third-order valence-electron chi connectivity index (χ3n) is 3.15. The molecule has 8 nitrogen and oxygen atoms in total. The molecule has 0 amide bonds. The minimum atomic E-state index is -4.83. The molecule has 0 aliphatic carbocycles. The van der Waals surface area contributed by atoms with Gasteiger partial charge in [-0.1, -0.05) is 23.2 Å². The number of carbonyl (C=O) groups is 1. The molecular weight excluding hydrogens is 451 g/mol. The summed E-state index contributed by atoms with van der Waals surface area (Å²) in [6.07, 6.45) is 0. The minimum Gasteiger partial charge on any atom is -0.744 e. The number of hydrogen-bond donors (Lipinski definition) is 1. The number of carboxylic acids is 1. The maximum absolute atomic E-state index is 11.4. The van der Waals surface area contributed by atoms with E-state index in [1.54, 1.807) is 19.1 Å². The number of anilines is 1.